The van der Waals surface area contributed by atoms with E-state index in [1.165, 1.54) is 0 Å². The summed E-state index contributed by atoms with van der Waals surface area (Å²) in [6.45, 7) is 14.9. The van der Waals surface area contributed by atoms with Crippen molar-refractivity contribution >= 4 is 0 Å². The maximum absolute atomic E-state index is 4.73. The molecule has 0 saturated heterocycles. The maximum atomic E-state index is 4.73. The normalized spacial score (nSPS) is 13.0. The molecule has 0 amide bonds. The Morgan fingerprint density at radius 3 is 0.806 bits per heavy atom. The third kappa shape index (κ3) is 6.18. The van der Waals surface area contributed by atoms with Gasteiger partial charge in [-0.3, -0.25) is 0 Å². The Kier molecular flexibility index (Phi) is 7.22. The average Bonchev–Trinajstić information content (AvgIpc) is 2.73. The molecule has 0 aromatic carbocycles. The molecule has 4 aromatic rings. The fourth-order valence-electron chi connectivity index (χ4n) is 4.38. The molecule has 0 radical (unpaired) electrons. The Balaban J connectivity index is 1.90. The van der Waals surface area contributed by atoms with Gasteiger partial charge in [-0.2, -0.15) is 0 Å². The summed E-state index contributed by atoms with van der Waals surface area (Å²) in [5.74, 6) is 7.16. The molecule has 0 aliphatic heterocycles. The van der Waals surface area contributed by atoms with Gasteiger partial charge in [0.1, 0.15) is 69.9 Å². The Morgan fingerprint density at radius 2 is 0.556 bits per heavy atom. The predicted octanol–water partition coefficient (Wildman–Crippen LogP) is 2.25. The SMILES string of the molecule is Cc1nc(C)nc(C[C@H](c2nc(C)nc(C)n2)[C@H](Cc2nc(C)nc(C)n2)c2nc(C)nc(C)n2)n1. The van der Waals surface area contributed by atoms with Gasteiger partial charge in [0, 0.05) is 24.7 Å². The molecule has 12 heteroatoms. The van der Waals surface area contributed by atoms with E-state index >= 15 is 0 Å². The van der Waals surface area contributed by atoms with E-state index in [1.807, 2.05) is 55.4 Å². The van der Waals surface area contributed by atoms with Crippen LogP contribution in [0.5, 0.6) is 0 Å². The van der Waals surface area contributed by atoms with Crippen LogP contribution in [-0.4, -0.2) is 59.8 Å². The van der Waals surface area contributed by atoms with Crippen molar-refractivity contribution in [3.63, 3.8) is 0 Å². The highest BCUT2D eigenvalue weighted by atomic mass is 15.1. The van der Waals surface area contributed by atoms with Gasteiger partial charge in [-0.1, -0.05) is 0 Å². The van der Waals surface area contributed by atoms with Crippen molar-refractivity contribution in [1.82, 2.24) is 59.8 Å². The van der Waals surface area contributed by atoms with Crippen molar-refractivity contribution in [1.29, 1.82) is 0 Å². The third-order valence-corrected chi connectivity index (χ3v) is 5.52. The minimum atomic E-state index is -0.287. The van der Waals surface area contributed by atoms with Crippen molar-refractivity contribution in [3.8, 4) is 0 Å². The van der Waals surface area contributed by atoms with Crippen LogP contribution in [0.25, 0.3) is 0 Å². The van der Waals surface area contributed by atoms with E-state index in [2.05, 4.69) is 39.9 Å². The molecule has 0 unspecified atom stereocenters. The summed E-state index contributed by atoms with van der Waals surface area (Å²) in [6.07, 6.45) is 0.898. The molecule has 0 spiro atoms. The largest absolute Gasteiger partial charge is 0.219 e. The standard InChI is InChI=1S/C24H30N12/c1-11-25-12(2)30-21(29-11)9-19(23-33-15(5)27-16(6)34-23)20(24-35-17(7)28-18(8)36-24)10-22-31-13(3)26-14(4)32-22/h19-20H,9-10H2,1-8H3/t19-,20-/m0/s1. The zero-order chi connectivity index (χ0) is 26.0. The highest BCUT2D eigenvalue weighted by molar-refractivity contribution is 5.17. The molecule has 2 atom stereocenters. The van der Waals surface area contributed by atoms with Crippen molar-refractivity contribution in [2.45, 2.75) is 80.1 Å². The zero-order valence-corrected chi connectivity index (χ0v) is 21.9. The lowest BCUT2D eigenvalue weighted by Crippen LogP contribution is -2.25. The molecule has 0 aliphatic rings. The molecule has 0 bridgehead atoms. The van der Waals surface area contributed by atoms with E-state index in [9.17, 15) is 0 Å². The molecular formula is C24H30N12. The Hall–Kier alpha value is -3.96. The minimum Gasteiger partial charge on any atom is -0.219 e. The molecule has 4 heterocycles. The van der Waals surface area contributed by atoms with E-state index in [0.717, 1.165) is 0 Å². The average molecular weight is 487 g/mol. The summed E-state index contributed by atoms with van der Waals surface area (Å²) in [4.78, 5) is 54.7. The molecule has 0 fully saturated rings. The van der Waals surface area contributed by atoms with E-state index in [1.54, 1.807) is 0 Å². The first-order valence-corrected chi connectivity index (χ1v) is 11.8. The topological polar surface area (TPSA) is 155 Å². The first kappa shape index (κ1) is 25.1. The minimum absolute atomic E-state index is 0.287. The number of aryl methyl sites for hydroxylation is 8. The molecule has 186 valence electrons. The molecule has 12 nitrogen and oxygen atoms in total. The predicted molar refractivity (Wildman–Crippen MR) is 130 cm³/mol. The Bertz CT molecular complexity index is 1220. The lowest BCUT2D eigenvalue weighted by Gasteiger charge is -2.25. The van der Waals surface area contributed by atoms with E-state index in [4.69, 9.17) is 19.9 Å². The molecule has 4 rings (SSSR count). The highest BCUT2D eigenvalue weighted by Gasteiger charge is 2.33. The first-order valence-electron chi connectivity index (χ1n) is 11.8. The smallest absolute Gasteiger partial charge is 0.136 e. The molecule has 0 N–H and O–H groups in total. The van der Waals surface area contributed by atoms with Crippen LogP contribution in [0.3, 0.4) is 0 Å². The van der Waals surface area contributed by atoms with Crippen LogP contribution in [0.2, 0.25) is 0 Å². The molecule has 0 saturated carbocycles. The zero-order valence-electron chi connectivity index (χ0n) is 21.9. The second-order valence-corrected chi connectivity index (χ2v) is 8.89. The fraction of sp³-hybridized carbons (Fsp3) is 0.500. The third-order valence-electron chi connectivity index (χ3n) is 5.52. The summed E-state index contributed by atoms with van der Waals surface area (Å²) >= 11 is 0. The number of aromatic nitrogens is 12. The van der Waals surface area contributed by atoms with Crippen LogP contribution in [-0.2, 0) is 12.8 Å². The quantitative estimate of drug-likeness (QED) is 0.376. The van der Waals surface area contributed by atoms with Crippen LogP contribution in [0.1, 0.15) is 81.7 Å². The van der Waals surface area contributed by atoms with Gasteiger partial charge in [-0.25, -0.2) is 59.8 Å². The molecule has 4 aromatic heterocycles. The summed E-state index contributed by atoms with van der Waals surface area (Å²) in [5.41, 5.74) is 0. The van der Waals surface area contributed by atoms with Crippen molar-refractivity contribution in [2.24, 2.45) is 0 Å². The van der Waals surface area contributed by atoms with Gasteiger partial charge in [-0.15, -0.1) is 0 Å². The monoisotopic (exact) mass is 486 g/mol. The van der Waals surface area contributed by atoms with Gasteiger partial charge in [0.25, 0.3) is 0 Å². The van der Waals surface area contributed by atoms with Crippen molar-refractivity contribution in [2.75, 3.05) is 0 Å². The van der Waals surface area contributed by atoms with Gasteiger partial charge < -0.3 is 0 Å². The van der Waals surface area contributed by atoms with E-state index < -0.39 is 0 Å². The Morgan fingerprint density at radius 1 is 0.333 bits per heavy atom. The number of rotatable bonds is 7. The fourth-order valence-corrected chi connectivity index (χ4v) is 4.38. The Labute approximate surface area is 210 Å². The van der Waals surface area contributed by atoms with Crippen LogP contribution in [0.15, 0.2) is 0 Å². The van der Waals surface area contributed by atoms with Gasteiger partial charge in [-0.05, 0) is 55.4 Å². The molecule has 0 aliphatic carbocycles. The maximum Gasteiger partial charge on any atom is 0.136 e. The van der Waals surface area contributed by atoms with Gasteiger partial charge >= 0.3 is 0 Å². The van der Waals surface area contributed by atoms with Gasteiger partial charge in [0.2, 0.25) is 0 Å². The van der Waals surface area contributed by atoms with E-state index in [-0.39, 0.29) is 11.8 Å². The van der Waals surface area contributed by atoms with Crippen LogP contribution in [0, 0.1) is 55.4 Å². The lowest BCUT2D eigenvalue weighted by atomic mass is 9.84. The first-order chi connectivity index (χ1) is 17.0. The summed E-state index contributed by atoms with van der Waals surface area (Å²) in [7, 11) is 0. The lowest BCUT2D eigenvalue weighted by molar-refractivity contribution is 0.458. The summed E-state index contributed by atoms with van der Waals surface area (Å²) in [5, 5.41) is 0. The summed E-state index contributed by atoms with van der Waals surface area (Å²) in [6, 6.07) is 0. The van der Waals surface area contributed by atoms with Gasteiger partial charge in [0.15, 0.2) is 0 Å². The number of nitrogens with zero attached hydrogens (tertiary/aromatic N) is 12. The molecular weight excluding hydrogens is 456 g/mol. The van der Waals surface area contributed by atoms with E-state index in [0.29, 0.717) is 82.7 Å². The summed E-state index contributed by atoms with van der Waals surface area (Å²) < 4.78 is 0. The van der Waals surface area contributed by atoms with Crippen molar-refractivity contribution < 1.29 is 0 Å². The highest BCUT2D eigenvalue weighted by Crippen LogP contribution is 2.35. The second-order valence-electron chi connectivity index (χ2n) is 8.89. The van der Waals surface area contributed by atoms with Crippen LogP contribution < -0.4 is 0 Å². The van der Waals surface area contributed by atoms with Crippen LogP contribution >= 0.6 is 0 Å². The van der Waals surface area contributed by atoms with Crippen molar-refractivity contribution in [3.05, 3.63) is 69.9 Å². The van der Waals surface area contributed by atoms with Gasteiger partial charge in [0.05, 0.1) is 0 Å². The van der Waals surface area contributed by atoms with Crippen LogP contribution in [0.4, 0.5) is 0 Å². The number of hydrogen-bond acceptors (Lipinski definition) is 12. The second kappa shape index (κ2) is 10.3. The molecule has 36 heavy (non-hydrogen) atoms. The number of hydrogen-bond donors (Lipinski definition) is 0.